The molecule has 5 heteroatoms. The SMILES string of the molecule is O=C(NCCN1CCCC1=O)[C@@H]1C[C@H](c2ccccc2)N2CCC[C@@H]12. The van der Waals surface area contributed by atoms with Gasteiger partial charge in [-0.1, -0.05) is 30.3 Å². The fourth-order valence-corrected chi connectivity index (χ4v) is 4.84. The number of likely N-dealkylation sites (tertiary alicyclic amines) is 1. The molecule has 0 bridgehead atoms. The van der Waals surface area contributed by atoms with Gasteiger partial charge in [-0.3, -0.25) is 14.5 Å². The van der Waals surface area contributed by atoms with Crippen LogP contribution in [-0.2, 0) is 9.59 Å². The molecule has 3 heterocycles. The summed E-state index contributed by atoms with van der Waals surface area (Å²) < 4.78 is 0. The van der Waals surface area contributed by atoms with Crippen molar-refractivity contribution in [2.24, 2.45) is 5.92 Å². The maximum atomic E-state index is 12.8. The number of benzene rings is 1. The number of hydrogen-bond acceptors (Lipinski definition) is 3. The Morgan fingerprint density at radius 1 is 1.16 bits per heavy atom. The van der Waals surface area contributed by atoms with E-state index in [4.69, 9.17) is 0 Å². The van der Waals surface area contributed by atoms with Gasteiger partial charge in [-0.15, -0.1) is 0 Å². The third kappa shape index (κ3) is 3.30. The predicted octanol–water partition coefficient (Wildman–Crippen LogP) is 1.95. The summed E-state index contributed by atoms with van der Waals surface area (Å²) in [7, 11) is 0. The maximum absolute atomic E-state index is 12.8. The molecule has 2 amide bonds. The van der Waals surface area contributed by atoms with Crippen molar-refractivity contribution in [1.29, 1.82) is 0 Å². The summed E-state index contributed by atoms with van der Waals surface area (Å²) >= 11 is 0. The molecule has 1 aromatic carbocycles. The minimum absolute atomic E-state index is 0.0713. The molecule has 25 heavy (non-hydrogen) atoms. The summed E-state index contributed by atoms with van der Waals surface area (Å²) in [5.41, 5.74) is 1.33. The van der Waals surface area contributed by atoms with Gasteiger partial charge in [0.15, 0.2) is 0 Å². The molecule has 0 aliphatic carbocycles. The van der Waals surface area contributed by atoms with Crippen molar-refractivity contribution in [3.63, 3.8) is 0 Å². The smallest absolute Gasteiger partial charge is 0.224 e. The van der Waals surface area contributed by atoms with Crippen molar-refractivity contribution in [3.8, 4) is 0 Å². The highest BCUT2D eigenvalue weighted by Crippen LogP contribution is 2.44. The van der Waals surface area contributed by atoms with Gasteiger partial charge in [-0.05, 0) is 37.8 Å². The summed E-state index contributed by atoms with van der Waals surface area (Å²) in [4.78, 5) is 28.8. The third-order valence-corrected chi connectivity index (χ3v) is 6.06. The predicted molar refractivity (Wildman–Crippen MR) is 95.8 cm³/mol. The van der Waals surface area contributed by atoms with E-state index in [2.05, 4.69) is 34.5 Å². The Labute approximate surface area is 149 Å². The molecule has 3 aliphatic heterocycles. The fraction of sp³-hybridized carbons (Fsp3) is 0.600. The van der Waals surface area contributed by atoms with E-state index in [0.717, 1.165) is 32.4 Å². The van der Waals surface area contributed by atoms with E-state index < -0.39 is 0 Å². The van der Waals surface area contributed by atoms with Crippen molar-refractivity contribution < 1.29 is 9.59 Å². The normalized spacial score (nSPS) is 29.2. The Bertz CT molecular complexity index is 633. The summed E-state index contributed by atoms with van der Waals surface area (Å²) in [5.74, 6) is 0.463. The van der Waals surface area contributed by atoms with Crippen molar-refractivity contribution in [2.75, 3.05) is 26.2 Å². The molecule has 1 aromatic rings. The van der Waals surface area contributed by atoms with Crippen LogP contribution in [0.5, 0.6) is 0 Å². The molecule has 0 unspecified atom stereocenters. The summed E-state index contributed by atoms with van der Waals surface area (Å²) in [5, 5.41) is 3.10. The highest BCUT2D eigenvalue weighted by molar-refractivity contribution is 5.80. The average Bonchev–Trinajstić information content (AvgIpc) is 3.32. The Balaban J connectivity index is 1.36. The lowest BCUT2D eigenvalue weighted by Gasteiger charge is -2.24. The molecule has 5 nitrogen and oxygen atoms in total. The summed E-state index contributed by atoms with van der Waals surface area (Å²) in [6, 6.07) is 11.3. The monoisotopic (exact) mass is 341 g/mol. The van der Waals surface area contributed by atoms with Crippen LogP contribution in [0.15, 0.2) is 30.3 Å². The van der Waals surface area contributed by atoms with Gasteiger partial charge in [-0.2, -0.15) is 0 Å². The lowest BCUT2D eigenvalue weighted by Crippen LogP contribution is -2.41. The van der Waals surface area contributed by atoms with Crippen LogP contribution in [0.25, 0.3) is 0 Å². The lowest BCUT2D eigenvalue weighted by molar-refractivity contribution is -0.129. The molecule has 0 saturated carbocycles. The van der Waals surface area contributed by atoms with Gasteiger partial charge >= 0.3 is 0 Å². The van der Waals surface area contributed by atoms with Crippen LogP contribution < -0.4 is 5.32 Å². The van der Waals surface area contributed by atoms with E-state index in [1.54, 1.807) is 0 Å². The molecule has 0 radical (unpaired) electrons. The molecule has 134 valence electrons. The topological polar surface area (TPSA) is 52.7 Å². The number of fused-ring (bicyclic) bond motifs is 1. The highest BCUT2D eigenvalue weighted by atomic mass is 16.2. The zero-order chi connectivity index (χ0) is 17.2. The number of carbonyl (C=O) groups excluding carboxylic acids is 2. The average molecular weight is 341 g/mol. The Morgan fingerprint density at radius 3 is 2.76 bits per heavy atom. The number of amides is 2. The van der Waals surface area contributed by atoms with Gasteiger partial charge in [-0.25, -0.2) is 0 Å². The second-order valence-electron chi connectivity index (χ2n) is 7.49. The van der Waals surface area contributed by atoms with E-state index >= 15 is 0 Å². The van der Waals surface area contributed by atoms with Crippen molar-refractivity contribution in [3.05, 3.63) is 35.9 Å². The molecular formula is C20H27N3O2. The zero-order valence-corrected chi connectivity index (χ0v) is 14.7. The number of nitrogens with one attached hydrogen (secondary N) is 1. The first kappa shape index (κ1) is 16.6. The molecule has 3 aliphatic rings. The highest BCUT2D eigenvalue weighted by Gasteiger charge is 2.46. The molecule has 3 fully saturated rings. The van der Waals surface area contributed by atoms with Crippen LogP contribution in [-0.4, -0.2) is 53.8 Å². The Hall–Kier alpha value is -1.88. The largest absolute Gasteiger partial charge is 0.354 e. The molecule has 1 N–H and O–H groups in total. The first-order valence-electron chi connectivity index (χ1n) is 9.60. The Morgan fingerprint density at radius 2 is 2.00 bits per heavy atom. The number of carbonyl (C=O) groups is 2. The van der Waals surface area contributed by atoms with Gasteiger partial charge in [0, 0.05) is 38.1 Å². The third-order valence-electron chi connectivity index (χ3n) is 6.06. The Kier molecular flexibility index (Phi) is 4.75. The molecule has 0 aromatic heterocycles. The first-order valence-corrected chi connectivity index (χ1v) is 9.60. The second-order valence-corrected chi connectivity index (χ2v) is 7.49. The molecular weight excluding hydrogens is 314 g/mol. The van der Waals surface area contributed by atoms with Gasteiger partial charge in [0.1, 0.15) is 0 Å². The van der Waals surface area contributed by atoms with Crippen LogP contribution in [0.3, 0.4) is 0 Å². The minimum Gasteiger partial charge on any atom is -0.354 e. The summed E-state index contributed by atoms with van der Waals surface area (Å²) in [6.45, 7) is 3.15. The minimum atomic E-state index is 0.0713. The van der Waals surface area contributed by atoms with Gasteiger partial charge in [0.25, 0.3) is 0 Å². The van der Waals surface area contributed by atoms with E-state index in [9.17, 15) is 9.59 Å². The van der Waals surface area contributed by atoms with Gasteiger partial charge in [0.05, 0.1) is 5.92 Å². The molecule has 3 saturated heterocycles. The van der Waals surface area contributed by atoms with E-state index in [-0.39, 0.29) is 17.7 Å². The van der Waals surface area contributed by atoms with E-state index in [0.29, 0.717) is 31.6 Å². The van der Waals surface area contributed by atoms with E-state index in [1.165, 1.54) is 12.0 Å². The van der Waals surface area contributed by atoms with Crippen LogP contribution in [0.4, 0.5) is 0 Å². The fourth-order valence-electron chi connectivity index (χ4n) is 4.84. The quantitative estimate of drug-likeness (QED) is 0.891. The molecule has 4 rings (SSSR count). The van der Waals surface area contributed by atoms with Gasteiger partial charge < -0.3 is 10.2 Å². The van der Waals surface area contributed by atoms with Crippen LogP contribution >= 0.6 is 0 Å². The van der Waals surface area contributed by atoms with Crippen LogP contribution in [0, 0.1) is 5.92 Å². The second kappa shape index (κ2) is 7.16. The maximum Gasteiger partial charge on any atom is 0.224 e. The number of hydrogen-bond donors (Lipinski definition) is 1. The van der Waals surface area contributed by atoms with Crippen molar-refractivity contribution in [2.45, 2.75) is 44.2 Å². The number of rotatable bonds is 5. The van der Waals surface area contributed by atoms with Crippen molar-refractivity contribution in [1.82, 2.24) is 15.1 Å². The summed E-state index contributed by atoms with van der Waals surface area (Å²) in [6.07, 6.45) is 4.81. The molecule has 3 atom stereocenters. The van der Waals surface area contributed by atoms with Crippen LogP contribution in [0.2, 0.25) is 0 Å². The molecule has 0 spiro atoms. The first-order chi connectivity index (χ1) is 12.2. The van der Waals surface area contributed by atoms with Crippen LogP contribution in [0.1, 0.15) is 43.7 Å². The van der Waals surface area contributed by atoms with Crippen molar-refractivity contribution >= 4 is 11.8 Å². The zero-order valence-electron chi connectivity index (χ0n) is 14.7. The van der Waals surface area contributed by atoms with E-state index in [1.807, 2.05) is 11.0 Å². The number of nitrogens with zero attached hydrogens (tertiary/aromatic N) is 2. The lowest BCUT2D eigenvalue weighted by atomic mass is 9.93. The van der Waals surface area contributed by atoms with Gasteiger partial charge in [0.2, 0.25) is 11.8 Å². The standard InChI is InChI=1S/C20H27N3O2/c24-19-9-5-11-22(19)13-10-21-20(25)16-14-18(15-6-2-1-3-7-15)23-12-4-8-17(16)23/h1-3,6-7,16-18H,4-5,8-14H2,(H,21,25)/t16-,17+,18-/m1/s1.